The zero-order valence-electron chi connectivity index (χ0n) is 18.7. The number of carbonyl (C=O) groups is 1. The number of amides is 1. The number of rotatable bonds is 6. The highest BCUT2D eigenvalue weighted by Crippen LogP contribution is 2.34. The van der Waals surface area contributed by atoms with Crippen LogP contribution in [0.4, 0.5) is 5.69 Å². The molecule has 0 fully saturated rings. The van der Waals surface area contributed by atoms with Gasteiger partial charge in [0.15, 0.2) is 11.5 Å². The first kappa shape index (κ1) is 22.8. The van der Waals surface area contributed by atoms with Gasteiger partial charge in [0.25, 0.3) is 0 Å². The van der Waals surface area contributed by atoms with Crippen LogP contribution in [0.5, 0.6) is 11.5 Å². The topological polar surface area (TPSA) is 84.9 Å². The van der Waals surface area contributed by atoms with Gasteiger partial charge < -0.3 is 14.8 Å². The van der Waals surface area contributed by atoms with Crippen LogP contribution in [0.2, 0.25) is 0 Å². The van der Waals surface area contributed by atoms with Gasteiger partial charge in [0.05, 0.1) is 19.1 Å². The molecular formula is C25H26N2O5S. The molecule has 0 bridgehead atoms. The number of methoxy groups -OCH3 is 2. The van der Waals surface area contributed by atoms with Gasteiger partial charge in [0.2, 0.25) is 15.9 Å². The number of nitrogens with one attached hydrogen (secondary N) is 1. The number of hydrogen-bond acceptors (Lipinski definition) is 5. The minimum absolute atomic E-state index is 0.0349. The number of aryl methyl sites for hydroxylation is 1. The zero-order chi connectivity index (χ0) is 23.6. The number of carbonyl (C=O) groups excluding carboxylic acids is 1. The van der Waals surface area contributed by atoms with E-state index in [0.29, 0.717) is 17.2 Å². The normalized spacial score (nSPS) is 16.0. The first-order valence-corrected chi connectivity index (χ1v) is 12.0. The molecule has 33 heavy (non-hydrogen) atoms. The van der Waals surface area contributed by atoms with Crippen molar-refractivity contribution < 1.29 is 22.7 Å². The summed E-state index contributed by atoms with van der Waals surface area (Å²) in [6, 6.07) is 18.5. The van der Waals surface area contributed by atoms with Gasteiger partial charge in [0, 0.05) is 18.3 Å². The summed E-state index contributed by atoms with van der Waals surface area (Å²) < 4.78 is 39.2. The largest absolute Gasteiger partial charge is 0.493 e. The molecule has 1 amide bonds. The lowest BCUT2D eigenvalue weighted by atomic mass is 9.95. The molecule has 8 heteroatoms. The summed E-state index contributed by atoms with van der Waals surface area (Å²) in [7, 11) is -1.09. The van der Waals surface area contributed by atoms with Crippen molar-refractivity contribution in [3.8, 4) is 11.5 Å². The summed E-state index contributed by atoms with van der Waals surface area (Å²) in [4.78, 5) is 13.3. The molecule has 1 aliphatic rings. The first-order valence-electron chi connectivity index (χ1n) is 10.5. The van der Waals surface area contributed by atoms with E-state index < -0.39 is 16.1 Å². The number of anilines is 1. The molecule has 0 saturated carbocycles. The molecule has 1 N–H and O–H groups in total. The molecule has 4 rings (SSSR count). The molecule has 3 aromatic carbocycles. The fourth-order valence-electron chi connectivity index (χ4n) is 3.95. The van der Waals surface area contributed by atoms with E-state index in [-0.39, 0.29) is 23.8 Å². The summed E-state index contributed by atoms with van der Waals surface area (Å²) in [6.45, 7) is 2.06. The van der Waals surface area contributed by atoms with E-state index in [1.165, 1.54) is 30.7 Å². The van der Waals surface area contributed by atoms with E-state index in [2.05, 4.69) is 5.32 Å². The highest BCUT2D eigenvalue weighted by molar-refractivity contribution is 7.89. The second-order valence-electron chi connectivity index (χ2n) is 7.91. The Labute approximate surface area is 194 Å². The van der Waals surface area contributed by atoms with E-state index in [0.717, 1.165) is 16.7 Å². The molecule has 0 saturated heterocycles. The number of fused-ring (bicyclic) bond motifs is 1. The molecule has 1 aliphatic heterocycles. The smallest absolute Gasteiger partial charge is 0.244 e. The molecule has 7 nitrogen and oxygen atoms in total. The van der Waals surface area contributed by atoms with Crippen LogP contribution in [-0.4, -0.2) is 38.9 Å². The molecule has 1 heterocycles. The Morgan fingerprint density at radius 3 is 2.27 bits per heavy atom. The lowest BCUT2D eigenvalue weighted by molar-refractivity contribution is -0.120. The van der Waals surface area contributed by atoms with E-state index in [1.807, 2.05) is 43.3 Å². The van der Waals surface area contributed by atoms with Crippen molar-refractivity contribution in [2.75, 3.05) is 19.5 Å². The second-order valence-corrected chi connectivity index (χ2v) is 9.80. The average Bonchev–Trinajstić information content (AvgIpc) is 2.84. The van der Waals surface area contributed by atoms with E-state index in [4.69, 9.17) is 9.47 Å². The number of ether oxygens (including phenoxy) is 2. The van der Waals surface area contributed by atoms with Crippen molar-refractivity contribution in [1.29, 1.82) is 0 Å². The number of benzene rings is 3. The van der Waals surface area contributed by atoms with Crippen LogP contribution in [0.1, 0.15) is 16.7 Å². The van der Waals surface area contributed by atoms with Crippen LogP contribution in [0.15, 0.2) is 71.6 Å². The lowest BCUT2D eigenvalue weighted by Crippen LogP contribution is -2.50. The van der Waals surface area contributed by atoms with Gasteiger partial charge in [-0.2, -0.15) is 4.31 Å². The Bertz CT molecular complexity index is 1270. The van der Waals surface area contributed by atoms with E-state index >= 15 is 0 Å². The van der Waals surface area contributed by atoms with Crippen molar-refractivity contribution in [2.24, 2.45) is 0 Å². The highest BCUT2D eigenvalue weighted by atomic mass is 32.2. The van der Waals surface area contributed by atoms with Crippen molar-refractivity contribution >= 4 is 21.6 Å². The third-order valence-corrected chi connectivity index (χ3v) is 7.64. The Morgan fingerprint density at radius 1 is 0.939 bits per heavy atom. The average molecular weight is 467 g/mol. The standard InChI is InChI=1S/C25H26N2O5S/c1-17-8-10-20(11-9-17)26-25(28)22-14-18-6-4-5-7-19(18)16-27(22)33(29,30)21-12-13-23(31-2)24(15-21)32-3/h4-13,15,22H,14,16H2,1-3H3,(H,26,28)/t22-/m0/s1. The molecule has 0 aromatic heterocycles. The Hall–Kier alpha value is -3.36. The first-order chi connectivity index (χ1) is 15.8. The predicted molar refractivity (Wildman–Crippen MR) is 126 cm³/mol. The summed E-state index contributed by atoms with van der Waals surface area (Å²) in [5.41, 5.74) is 3.52. The molecule has 1 atom stereocenters. The lowest BCUT2D eigenvalue weighted by Gasteiger charge is -2.35. The van der Waals surface area contributed by atoms with Crippen LogP contribution in [0, 0.1) is 6.92 Å². The van der Waals surface area contributed by atoms with Crippen molar-refractivity contribution in [1.82, 2.24) is 4.31 Å². The summed E-state index contributed by atoms with van der Waals surface area (Å²) in [6.07, 6.45) is 0.278. The van der Waals surface area contributed by atoms with Gasteiger partial charge in [-0.05, 0) is 48.7 Å². The molecule has 172 valence electrons. The van der Waals surface area contributed by atoms with Crippen molar-refractivity contribution in [3.63, 3.8) is 0 Å². The fraction of sp³-hybridized carbons (Fsp3) is 0.240. The van der Waals surface area contributed by atoms with Gasteiger partial charge >= 0.3 is 0 Å². The van der Waals surface area contributed by atoms with Crippen LogP contribution in [0.3, 0.4) is 0 Å². The van der Waals surface area contributed by atoms with Gasteiger partial charge in [-0.1, -0.05) is 42.0 Å². The van der Waals surface area contributed by atoms with E-state index in [9.17, 15) is 13.2 Å². The summed E-state index contributed by atoms with van der Waals surface area (Å²) >= 11 is 0. The number of hydrogen-bond donors (Lipinski definition) is 1. The van der Waals surface area contributed by atoms with Crippen LogP contribution in [-0.2, 0) is 27.8 Å². The molecule has 0 unspecified atom stereocenters. The molecule has 0 spiro atoms. The number of nitrogens with zero attached hydrogens (tertiary/aromatic N) is 1. The van der Waals surface area contributed by atoms with Crippen molar-refractivity contribution in [2.45, 2.75) is 30.8 Å². The fourth-order valence-corrected chi connectivity index (χ4v) is 5.53. The molecular weight excluding hydrogens is 440 g/mol. The van der Waals surface area contributed by atoms with Gasteiger partial charge in [-0.3, -0.25) is 4.79 Å². The maximum Gasteiger partial charge on any atom is 0.244 e. The Balaban J connectivity index is 1.72. The minimum atomic E-state index is -4.02. The molecule has 0 radical (unpaired) electrons. The van der Waals surface area contributed by atoms with Gasteiger partial charge in [-0.15, -0.1) is 0 Å². The monoisotopic (exact) mass is 466 g/mol. The summed E-state index contributed by atoms with van der Waals surface area (Å²) in [5, 5.41) is 2.87. The van der Waals surface area contributed by atoms with Crippen LogP contribution >= 0.6 is 0 Å². The third kappa shape index (κ3) is 4.58. The van der Waals surface area contributed by atoms with Crippen LogP contribution in [0.25, 0.3) is 0 Å². The van der Waals surface area contributed by atoms with Crippen LogP contribution < -0.4 is 14.8 Å². The van der Waals surface area contributed by atoms with Gasteiger partial charge in [0.1, 0.15) is 6.04 Å². The quantitative estimate of drug-likeness (QED) is 0.598. The molecule has 3 aromatic rings. The Morgan fingerprint density at radius 2 is 1.61 bits per heavy atom. The third-order valence-electron chi connectivity index (χ3n) is 5.79. The SMILES string of the molecule is COc1ccc(S(=O)(=O)N2Cc3ccccc3C[C@H]2C(=O)Nc2ccc(C)cc2)cc1OC. The zero-order valence-corrected chi connectivity index (χ0v) is 19.6. The number of sulfonamides is 1. The predicted octanol–water partition coefficient (Wildman–Crippen LogP) is 3.77. The second kappa shape index (κ2) is 9.25. The summed E-state index contributed by atoms with van der Waals surface area (Å²) in [5.74, 6) is 0.350. The maximum atomic E-state index is 13.7. The van der Waals surface area contributed by atoms with E-state index in [1.54, 1.807) is 18.2 Å². The maximum absolute atomic E-state index is 13.7. The minimum Gasteiger partial charge on any atom is -0.493 e. The molecule has 0 aliphatic carbocycles. The van der Waals surface area contributed by atoms with Crippen molar-refractivity contribution in [3.05, 3.63) is 83.4 Å². The highest BCUT2D eigenvalue weighted by Gasteiger charge is 2.40. The Kier molecular flexibility index (Phi) is 6.40. The van der Waals surface area contributed by atoms with Gasteiger partial charge in [-0.25, -0.2) is 8.42 Å².